The zero-order valence-electron chi connectivity index (χ0n) is 9.85. The largest absolute Gasteiger partial charge is 1.00 e. The predicted octanol–water partition coefficient (Wildman–Crippen LogP) is -5.81. The Bertz CT molecular complexity index is 609. The van der Waals surface area contributed by atoms with Crippen molar-refractivity contribution in [2.24, 2.45) is 0 Å². The molecule has 18 heavy (non-hydrogen) atoms. The van der Waals surface area contributed by atoms with Crippen LogP contribution in [0.15, 0.2) is 35.5 Å². The van der Waals surface area contributed by atoms with Crippen LogP contribution in [0.1, 0.15) is 0 Å². The molecule has 82 valence electrons. The molecule has 0 spiro atoms. The number of benzene rings is 1. The van der Waals surface area contributed by atoms with Crippen LogP contribution in [0.5, 0.6) is 0 Å². The van der Waals surface area contributed by atoms with E-state index in [1.165, 1.54) is 18.2 Å². The Balaban J connectivity index is 0.00000144. The van der Waals surface area contributed by atoms with E-state index in [-0.39, 0.29) is 69.8 Å². The summed E-state index contributed by atoms with van der Waals surface area (Å²) < 4.78 is 30.7. The second kappa shape index (κ2) is 7.61. The van der Waals surface area contributed by atoms with Crippen LogP contribution in [-0.4, -0.2) is 33.4 Å². The fourth-order valence-corrected chi connectivity index (χ4v) is 1.64. The third-order valence-corrected chi connectivity index (χ3v) is 2.65. The molecule has 1 N–H and O–H groups in total. The van der Waals surface area contributed by atoms with E-state index in [0.29, 0.717) is 5.56 Å². The van der Waals surface area contributed by atoms with E-state index in [0.717, 1.165) is 6.33 Å². The van der Waals surface area contributed by atoms with Crippen molar-refractivity contribution >= 4 is 10.1 Å². The fourth-order valence-electron chi connectivity index (χ4n) is 1.12. The van der Waals surface area contributed by atoms with Crippen molar-refractivity contribution in [2.75, 3.05) is 0 Å². The van der Waals surface area contributed by atoms with Gasteiger partial charge in [0.05, 0.1) is 4.90 Å². The second-order valence-corrected chi connectivity index (χ2v) is 4.29. The maximum Gasteiger partial charge on any atom is 1.00 e. The van der Waals surface area contributed by atoms with Crippen LogP contribution in [0.25, 0.3) is 11.4 Å². The molecule has 7 nitrogen and oxygen atoms in total. The van der Waals surface area contributed by atoms with E-state index in [9.17, 15) is 8.42 Å². The predicted molar refractivity (Wildman–Crippen MR) is 52.9 cm³/mol. The number of nitrogens with zero attached hydrogens (tertiary/aromatic N) is 4. The van der Waals surface area contributed by atoms with Gasteiger partial charge in [0.25, 0.3) is 10.1 Å². The molecular weight excluding hydrogens is 278 g/mol. The van der Waals surface area contributed by atoms with E-state index in [4.69, 9.17) is 4.55 Å². The van der Waals surface area contributed by atoms with Crippen LogP contribution >= 0.6 is 0 Å². The van der Waals surface area contributed by atoms with Gasteiger partial charge in [-0.2, -0.15) is 8.42 Å². The van der Waals surface area contributed by atoms with Crippen LogP contribution in [0.2, 0.25) is 0 Å². The van der Waals surface area contributed by atoms with Crippen molar-refractivity contribution in [3.05, 3.63) is 30.6 Å². The Morgan fingerprint density at radius 3 is 2.22 bits per heavy atom. The number of hydrogen-bond acceptors (Lipinski definition) is 6. The van der Waals surface area contributed by atoms with Gasteiger partial charge >= 0.3 is 59.1 Å². The van der Waals surface area contributed by atoms with Gasteiger partial charge in [-0.15, -0.1) is 20.4 Å². The maximum atomic E-state index is 10.9. The zero-order chi connectivity index (χ0) is 11.6. The number of rotatable bonds is 2. The minimum atomic E-state index is -4.23. The SMILES string of the molecule is O=S(=O)(O)c1cccc(-c2nncnn2)c1.[Na+].[Na+]. The Morgan fingerprint density at radius 1 is 1.06 bits per heavy atom. The normalized spacial score (nSPS) is 10.1. The van der Waals surface area contributed by atoms with Gasteiger partial charge in [-0.25, -0.2) is 0 Å². The van der Waals surface area contributed by atoms with Crippen LogP contribution < -0.4 is 59.1 Å². The summed E-state index contributed by atoms with van der Waals surface area (Å²) in [7, 11) is -4.23. The minimum Gasteiger partial charge on any atom is -0.282 e. The van der Waals surface area contributed by atoms with E-state index in [2.05, 4.69) is 20.4 Å². The Morgan fingerprint density at radius 2 is 1.67 bits per heavy atom. The van der Waals surface area contributed by atoms with Crippen molar-refractivity contribution in [3.63, 3.8) is 0 Å². The molecule has 0 atom stereocenters. The second-order valence-electron chi connectivity index (χ2n) is 2.87. The van der Waals surface area contributed by atoms with Crippen LogP contribution in [0.4, 0.5) is 0 Å². The molecule has 2 aromatic rings. The minimum absolute atomic E-state index is 0. The van der Waals surface area contributed by atoms with Gasteiger partial charge in [0.2, 0.25) is 5.82 Å². The Kier molecular flexibility index (Phi) is 7.64. The van der Waals surface area contributed by atoms with Gasteiger partial charge < -0.3 is 0 Å². The van der Waals surface area contributed by atoms with Gasteiger partial charge in [-0.3, -0.25) is 4.55 Å². The van der Waals surface area contributed by atoms with Gasteiger partial charge in [0, 0.05) is 5.56 Å². The van der Waals surface area contributed by atoms with E-state index < -0.39 is 10.1 Å². The zero-order valence-corrected chi connectivity index (χ0v) is 14.7. The average molecular weight is 284 g/mol. The van der Waals surface area contributed by atoms with Crippen molar-refractivity contribution < 1.29 is 72.1 Å². The molecule has 0 aliphatic rings. The standard InChI is InChI=1S/C8H6N4O3S.2Na/c13-16(14,15)7-3-1-2-6(4-7)8-11-9-5-10-12-8;;/h1-5H,(H,13,14,15);;/q;2*+1. The monoisotopic (exact) mass is 284 g/mol. The summed E-state index contributed by atoms with van der Waals surface area (Å²) in [5.74, 6) is 0.188. The molecule has 0 unspecified atom stereocenters. The molecule has 0 aliphatic heterocycles. The first-order chi connectivity index (χ1) is 7.57. The van der Waals surface area contributed by atoms with Crippen molar-refractivity contribution in [1.82, 2.24) is 20.4 Å². The molecule has 0 aliphatic carbocycles. The van der Waals surface area contributed by atoms with Crippen molar-refractivity contribution in [3.8, 4) is 11.4 Å². The van der Waals surface area contributed by atoms with Gasteiger partial charge in [-0.1, -0.05) is 12.1 Å². The summed E-state index contributed by atoms with van der Waals surface area (Å²) in [6.45, 7) is 0. The fraction of sp³-hybridized carbons (Fsp3) is 0. The third kappa shape index (κ3) is 4.63. The molecule has 0 saturated carbocycles. The molecule has 1 heterocycles. The average Bonchev–Trinajstić information content (AvgIpc) is 2.29. The maximum absolute atomic E-state index is 10.9. The molecule has 1 aromatic heterocycles. The first-order valence-corrected chi connectivity index (χ1v) is 5.60. The molecule has 10 heteroatoms. The molecule has 0 radical (unpaired) electrons. The molecule has 1 aromatic carbocycles. The van der Waals surface area contributed by atoms with Crippen molar-refractivity contribution in [1.29, 1.82) is 0 Å². The Labute approximate surface area is 148 Å². The van der Waals surface area contributed by atoms with Gasteiger partial charge in [-0.05, 0) is 12.1 Å². The molecule has 0 fully saturated rings. The smallest absolute Gasteiger partial charge is 0.282 e. The molecule has 0 bridgehead atoms. The summed E-state index contributed by atoms with van der Waals surface area (Å²) in [5.41, 5.74) is 0.413. The molecule has 0 amide bonds. The molecular formula is C8H6N4Na2O3S+2. The van der Waals surface area contributed by atoms with Gasteiger partial charge in [0.15, 0.2) is 6.33 Å². The summed E-state index contributed by atoms with van der Waals surface area (Å²) >= 11 is 0. The quantitative estimate of drug-likeness (QED) is 0.432. The van der Waals surface area contributed by atoms with Crippen LogP contribution in [0, 0.1) is 0 Å². The van der Waals surface area contributed by atoms with Gasteiger partial charge in [0.1, 0.15) is 0 Å². The first-order valence-electron chi connectivity index (χ1n) is 4.16. The van der Waals surface area contributed by atoms with Crippen molar-refractivity contribution in [2.45, 2.75) is 4.90 Å². The van der Waals surface area contributed by atoms with E-state index in [1.807, 2.05) is 0 Å². The number of hydrogen-bond donors (Lipinski definition) is 1. The van der Waals surface area contributed by atoms with E-state index >= 15 is 0 Å². The van der Waals surface area contributed by atoms with E-state index in [1.54, 1.807) is 6.07 Å². The molecule has 0 saturated heterocycles. The summed E-state index contributed by atoms with van der Waals surface area (Å²) in [6.07, 6.45) is 1.16. The topological polar surface area (TPSA) is 106 Å². The summed E-state index contributed by atoms with van der Waals surface area (Å²) in [4.78, 5) is -0.225. The first kappa shape index (κ1) is 18.1. The Hall–Kier alpha value is 0.0700. The number of aromatic nitrogens is 4. The third-order valence-electron chi connectivity index (χ3n) is 1.80. The summed E-state index contributed by atoms with van der Waals surface area (Å²) in [6, 6.07) is 5.57. The van der Waals surface area contributed by atoms with Crippen LogP contribution in [-0.2, 0) is 10.1 Å². The summed E-state index contributed by atoms with van der Waals surface area (Å²) in [5, 5.41) is 14.4. The molecule has 2 rings (SSSR count). The van der Waals surface area contributed by atoms with Crippen LogP contribution in [0.3, 0.4) is 0 Å².